The zero-order valence-corrected chi connectivity index (χ0v) is 17.1. The quantitative estimate of drug-likeness (QED) is 0.751. The van der Waals surface area contributed by atoms with Crippen LogP contribution in [-0.2, 0) is 14.3 Å². The third-order valence-electron chi connectivity index (χ3n) is 6.28. The van der Waals surface area contributed by atoms with E-state index in [1.807, 2.05) is 0 Å². The Morgan fingerprint density at radius 2 is 1.90 bits per heavy atom. The molecule has 0 aromatic heterocycles. The Bertz CT molecular complexity index is 815. The molecule has 0 unspecified atom stereocenters. The Labute approximate surface area is 171 Å². The molecule has 0 spiro atoms. The first-order chi connectivity index (χ1) is 14.1. The molecule has 1 aliphatic carbocycles. The van der Waals surface area contributed by atoms with Gasteiger partial charge in [-0.2, -0.15) is 0 Å². The van der Waals surface area contributed by atoms with Gasteiger partial charge < -0.3 is 19.1 Å². The smallest absolute Gasteiger partial charge is 0.238 e. The van der Waals surface area contributed by atoms with E-state index in [2.05, 4.69) is 6.08 Å². The van der Waals surface area contributed by atoms with Crippen LogP contribution in [-0.4, -0.2) is 52.3 Å². The highest BCUT2D eigenvalue weighted by atomic mass is 16.5. The topological polar surface area (TPSA) is 69.5 Å². The van der Waals surface area contributed by atoms with Crippen molar-refractivity contribution in [1.82, 2.24) is 0 Å². The van der Waals surface area contributed by atoms with Crippen LogP contribution >= 0.6 is 0 Å². The van der Waals surface area contributed by atoms with Crippen molar-refractivity contribution < 1.29 is 28.7 Å². The van der Waals surface area contributed by atoms with Crippen LogP contribution in [0.1, 0.15) is 25.7 Å². The molecule has 1 aromatic carbocycles. The van der Waals surface area contributed by atoms with Gasteiger partial charge in [-0.25, -0.2) is 4.90 Å². The SMILES string of the molecule is COc1ccc(N2C(=O)C[C@H]([C@H]3CCCC=C3[NH+]3CCOCC3)C2=O)c(OC)c1. The highest BCUT2D eigenvalue weighted by Gasteiger charge is 2.47. The van der Waals surface area contributed by atoms with Crippen LogP contribution in [0, 0.1) is 11.8 Å². The van der Waals surface area contributed by atoms with E-state index in [0.29, 0.717) is 17.2 Å². The largest absolute Gasteiger partial charge is 0.497 e. The van der Waals surface area contributed by atoms with Crippen molar-refractivity contribution in [3.8, 4) is 11.5 Å². The molecule has 2 fully saturated rings. The van der Waals surface area contributed by atoms with Crippen molar-refractivity contribution in [1.29, 1.82) is 0 Å². The van der Waals surface area contributed by atoms with Crippen molar-refractivity contribution in [3.63, 3.8) is 0 Å². The second kappa shape index (κ2) is 8.55. The summed E-state index contributed by atoms with van der Waals surface area (Å²) in [5, 5.41) is 0. The lowest BCUT2D eigenvalue weighted by Crippen LogP contribution is -3.13. The predicted octanol–water partition coefficient (Wildman–Crippen LogP) is 1.18. The lowest BCUT2D eigenvalue weighted by atomic mass is 9.80. The van der Waals surface area contributed by atoms with Gasteiger partial charge in [0, 0.05) is 18.4 Å². The summed E-state index contributed by atoms with van der Waals surface area (Å²) in [6, 6.07) is 5.17. The Hall–Kier alpha value is -2.38. The fraction of sp³-hybridized carbons (Fsp3) is 0.545. The molecule has 3 aliphatic rings. The van der Waals surface area contributed by atoms with E-state index in [4.69, 9.17) is 14.2 Å². The number of morpholine rings is 1. The first-order valence-electron chi connectivity index (χ1n) is 10.4. The number of carbonyl (C=O) groups is 2. The molecule has 2 saturated heterocycles. The summed E-state index contributed by atoms with van der Waals surface area (Å²) in [6.07, 6.45) is 5.60. The van der Waals surface area contributed by atoms with Gasteiger partial charge in [-0.05, 0) is 37.5 Å². The fourth-order valence-corrected chi connectivity index (χ4v) is 4.83. The van der Waals surface area contributed by atoms with E-state index in [-0.39, 0.29) is 30.1 Å². The van der Waals surface area contributed by atoms with Gasteiger partial charge in [-0.15, -0.1) is 0 Å². The number of ether oxygens (including phenoxy) is 3. The maximum Gasteiger partial charge on any atom is 0.238 e. The number of imide groups is 1. The van der Waals surface area contributed by atoms with Gasteiger partial charge in [0.15, 0.2) is 0 Å². The molecule has 4 rings (SSSR count). The van der Waals surface area contributed by atoms with Gasteiger partial charge in [0.2, 0.25) is 11.8 Å². The van der Waals surface area contributed by atoms with Crippen LogP contribution in [0.25, 0.3) is 0 Å². The van der Waals surface area contributed by atoms with Crippen LogP contribution in [0.3, 0.4) is 0 Å². The van der Waals surface area contributed by atoms with Crippen molar-refractivity contribution in [2.45, 2.75) is 25.7 Å². The van der Waals surface area contributed by atoms with E-state index in [1.165, 1.54) is 22.6 Å². The number of methoxy groups -OCH3 is 2. The predicted molar refractivity (Wildman–Crippen MR) is 107 cm³/mol. The van der Waals surface area contributed by atoms with Crippen molar-refractivity contribution >= 4 is 17.5 Å². The van der Waals surface area contributed by atoms with Gasteiger partial charge in [-0.1, -0.05) is 0 Å². The molecule has 7 nitrogen and oxygen atoms in total. The number of rotatable bonds is 5. The zero-order chi connectivity index (χ0) is 20.4. The third-order valence-corrected chi connectivity index (χ3v) is 6.28. The molecule has 29 heavy (non-hydrogen) atoms. The molecule has 0 radical (unpaired) electrons. The summed E-state index contributed by atoms with van der Waals surface area (Å²) in [4.78, 5) is 29.1. The molecule has 2 aliphatic heterocycles. The third kappa shape index (κ3) is 3.76. The van der Waals surface area contributed by atoms with Crippen LogP contribution in [0.5, 0.6) is 11.5 Å². The van der Waals surface area contributed by atoms with Gasteiger partial charge in [0.05, 0.1) is 39.0 Å². The van der Waals surface area contributed by atoms with E-state index >= 15 is 0 Å². The number of nitrogens with zero attached hydrogens (tertiary/aromatic N) is 1. The van der Waals surface area contributed by atoms with E-state index < -0.39 is 0 Å². The van der Waals surface area contributed by atoms with E-state index in [0.717, 1.165) is 45.6 Å². The maximum atomic E-state index is 13.4. The molecule has 7 heteroatoms. The van der Waals surface area contributed by atoms with Crippen LogP contribution in [0.15, 0.2) is 30.0 Å². The second-order valence-corrected chi connectivity index (χ2v) is 7.83. The van der Waals surface area contributed by atoms with Crippen LogP contribution in [0.2, 0.25) is 0 Å². The Kier molecular flexibility index (Phi) is 5.87. The number of anilines is 1. The first kappa shape index (κ1) is 19.9. The molecule has 2 heterocycles. The highest BCUT2D eigenvalue weighted by Crippen LogP contribution is 2.41. The first-order valence-corrected chi connectivity index (χ1v) is 10.4. The minimum atomic E-state index is -0.309. The second-order valence-electron chi connectivity index (χ2n) is 7.83. The highest BCUT2D eigenvalue weighted by molar-refractivity contribution is 6.21. The summed E-state index contributed by atoms with van der Waals surface area (Å²) >= 11 is 0. The van der Waals surface area contributed by atoms with Gasteiger partial charge in [-0.3, -0.25) is 9.59 Å². The van der Waals surface area contributed by atoms with E-state index in [1.54, 1.807) is 25.3 Å². The molecular formula is C22H29N2O5+. The van der Waals surface area contributed by atoms with E-state index in [9.17, 15) is 9.59 Å². The van der Waals surface area contributed by atoms with Gasteiger partial charge in [0.1, 0.15) is 30.3 Å². The molecule has 2 atom stereocenters. The molecule has 1 N–H and O–H groups in total. The molecule has 156 valence electrons. The van der Waals surface area contributed by atoms with Crippen molar-refractivity contribution in [3.05, 3.63) is 30.0 Å². The zero-order valence-electron chi connectivity index (χ0n) is 17.1. The Morgan fingerprint density at radius 1 is 1.10 bits per heavy atom. The number of nitrogens with one attached hydrogen (secondary N) is 1. The van der Waals surface area contributed by atoms with Gasteiger partial charge in [0.25, 0.3) is 0 Å². The lowest BCUT2D eigenvalue weighted by Gasteiger charge is -2.34. The number of benzene rings is 1. The van der Waals surface area contributed by atoms with Crippen LogP contribution < -0.4 is 19.3 Å². The van der Waals surface area contributed by atoms with Crippen molar-refractivity contribution in [2.75, 3.05) is 45.4 Å². The number of carbonyl (C=O) groups excluding carboxylic acids is 2. The van der Waals surface area contributed by atoms with Crippen LogP contribution in [0.4, 0.5) is 5.69 Å². The molecular weight excluding hydrogens is 372 g/mol. The molecule has 0 saturated carbocycles. The summed E-state index contributed by atoms with van der Waals surface area (Å²) < 4.78 is 16.2. The fourth-order valence-electron chi connectivity index (χ4n) is 4.83. The molecule has 1 aromatic rings. The maximum absolute atomic E-state index is 13.4. The number of amides is 2. The molecule has 0 bridgehead atoms. The minimum Gasteiger partial charge on any atom is -0.497 e. The monoisotopic (exact) mass is 401 g/mol. The Balaban J connectivity index is 1.61. The summed E-state index contributed by atoms with van der Waals surface area (Å²) in [7, 11) is 3.10. The number of hydrogen-bond donors (Lipinski definition) is 1. The van der Waals surface area contributed by atoms with Gasteiger partial charge >= 0.3 is 0 Å². The molecule has 2 amide bonds. The number of quaternary nitrogens is 1. The Morgan fingerprint density at radius 3 is 2.62 bits per heavy atom. The standard InChI is InChI=1S/C22H28N2O5/c1-27-15-7-8-19(20(13-15)28-2)24-21(25)14-17(22(24)26)16-5-3-4-6-18(16)23-9-11-29-12-10-23/h6-8,13,16-17H,3-5,9-12,14H2,1-2H3/p+1/t16-,17-/m1/s1. The number of allylic oxidation sites excluding steroid dienone is 2. The van der Waals surface area contributed by atoms with Crippen molar-refractivity contribution in [2.24, 2.45) is 11.8 Å². The minimum absolute atomic E-state index is 0.113. The average Bonchev–Trinajstić information content (AvgIpc) is 3.07. The summed E-state index contributed by atoms with van der Waals surface area (Å²) in [6.45, 7) is 3.33. The lowest BCUT2D eigenvalue weighted by molar-refractivity contribution is -0.874. The number of hydrogen-bond acceptors (Lipinski definition) is 5. The normalized spacial score (nSPS) is 25.9. The summed E-state index contributed by atoms with van der Waals surface area (Å²) in [5.74, 6) is 0.604. The average molecular weight is 401 g/mol. The summed E-state index contributed by atoms with van der Waals surface area (Å²) in [5.41, 5.74) is 1.79.